The first kappa shape index (κ1) is 13.5. The lowest BCUT2D eigenvalue weighted by atomic mass is 9.80. The number of hydrogen-bond donors (Lipinski definition) is 1. The van der Waals surface area contributed by atoms with E-state index in [1.54, 1.807) is 6.20 Å². The van der Waals surface area contributed by atoms with Crippen LogP contribution in [0.3, 0.4) is 0 Å². The lowest BCUT2D eigenvalue weighted by molar-refractivity contribution is -0.0880. The summed E-state index contributed by atoms with van der Waals surface area (Å²) in [6.07, 6.45) is 2.12. The molecule has 2 rings (SSSR count). The second kappa shape index (κ2) is 4.32. The van der Waals surface area contributed by atoms with E-state index in [0.717, 1.165) is 17.7 Å². The topological polar surface area (TPSA) is 42.4 Å². The molecule has 3 heteroatoms. The number of rotatable bonds is 2. The van der Waals surface area contributed by atoms with Crippen molar-refractivity contribution in [2.24, 2.45) is 5.92 Å². The molecule has 100 valence electrons. The minimum atomic E-state index is -0.497. The fourth-order valence-corrected chi connectivity index (χ4v) is 3.08. The molecule has 0 spiro atoms. The third-order valence-electron chi connectivity index (χ3n) is 3.79. The van der Waals surface area contributed by atoms with Crippen LogP contribution >= 0.6 is 0 Å². The molecule has 0 radical (unpaired) electrons. The molecule has 2 heterocycles. The van der Waals surface area contributed by atoms with E-state index in [1.165, 1.54) is 0 Å². The molecule has 1 fully saturated rings. The summed E-state index contributed by atoms with van der Waals surface area (Å²) in [5, 5.41) is 10.6. The lowest BCUT2D eigenvalue weighted by Gasteiger charge is -2.30. The number of aliphatic hydroxyl groups excluding tert-OH is 1. The maximum Gasteiger partial charge on any atom is 0.0847 e. The van der Waals surface area contributed by atoms with Crippen LogP contribution in [-0.4, -0.2) is 21.3 Å². The first-order valence-electron chi connectivity index (χ1n) is 6.52. The molecule has 0 aliphatic carbocycles. The molecule has 0 saturated carbocycles. The van der Waals surface area contributed by atoms with Gasteiger partial charge in [0.1, 0.15) is 0 Å². The van der Waals surface area contributed by atoms with Crippen molar-refractivity contribution in [2.45, 2.75) is 58.3 Å². The summed E-state index contributed by atoms with van der Waals surface area (Å²) in [4.78, 5) is 4.17. The van der Waals surface area contributed by atoms with Gasteiger partial charge in [0.15, 0.2) is 0 Å². The number of hydrogen-bond acceptors (Lipinski definition) is 3. The summed E-state index contributed by atoms with van der Waals surface area (Å²) >= 11 is 0. The first-order chi connectivity index (χ1) is 8.21. The monoisotopic (exact) mass is 249 g/mol. The second-order valence-corrected chi connectivity index (χ2v) is 6.45. The van der Waals surface area contributed by atoms with Gasteiger partial charge in [0.2, 0.25) is 0 Å². The van der Waals surface area contributed by atoms with Gasteiger partial charge in [-0.3, -0.25) is 4.98 Å². The Labute approximate surface area is 109 Å². The number of aryl methyl sites for hydroxylation is 1. The average molecular weight is 249 g/mol. The van der Waals surface area contributed by atoms with Crippen molar-refractivity contribution in [3.05, 3.63) is 29.6 Å². The van der Waals surface area contributed by atoms with Gasteiger partial charge in [-0.25, -0.2) is 0 Å². The van der Waals surface area contributed by atoms with E-state index in [1.807, 2.05) is 19.1 Å². The largest absolute Gasteiger partial charge is 0.388 e. The van der Waals surface area contributed by atoms with Crippen LogP contribution in [0.5, 0.6) is 0 Å². The maximum atomic E-state index is 10.6. The van der Waals surface area contributed by atoms with Crippen LogP contribution < -0.4 is 0 Å². The Morgan fingerprint density at radius 3 is 2.56 bits per heavy atom. The van der Waals surface area contributed by atoms with Crippen LogP contribution in [0.2, 0.25) is 0 Å². The quantitative estimate of drug-likeness (QED) is 0.876. The van der Waals surface area contributed by atoms with Crippen molar-refractivity contribution in [2.75, 3.05) is 0 Å². The normalized spacial score (nSPS) is 27.1. The standard InChI is InChI=1S/C15H23NO2/c1-10-8-11(6-7-16-10)13(17)12-9-14(2,3)18-15(12,4)5/h6-8,12-13,17H,9H2,1-5H3. The van der Waals surface area contributed by atoms with Gasteiger partial charge in [0.05, 0.1) is 17.3 Å². The van der Waals surface area contributed by atoms with Crippen LogP contribution in [0.4, 0.5) is 0 Å². The minimum absolute atomic E-state index is 0.106. The Hall–Kier alpha value is -0.930. The van der Waals surface area contributed by atoms with E-state index in [-0.39, 0.29) is 17.1 Å². The van der Waals surface area contributed by atoms with Crippen molar-refractivity contribution in [1.29, 1.82) is 0 Å². The van der Waals surface area contributed by atoms with Crippen molar-refractivity contribution in [1.82, 2.24) is 4.98 Å². The van der Waals surface area contributed by atoms with Crippen molar-refractivity contribution >= 4 is 0 Å². The minimum Gasteiger partial charge on any atom is -0.388 e. The molecule has 1 N–H and O–H groups in total. The second-order valence-electron chi connectivity index (χ2n) is 6.45. The Morgan fingerprint density at radius 1 is 1.39 bits per heavy atom. The Morgan fingerprint density at radius 2 is 2.06 bits per heavy atom. The Kier molecular flexibility index (Phi) is 3.24. The van der Waals surface area contributed by atoms with Gasteiger partial charge in [-0.15, -0.1) is 0 Å². The summed E-state index contributed by atoms with van der Waals surface area (Å²) in [6, 6.07) is 3.84. The highest BCUT2D eigenvalue weighted by molar-refractivity contribution is 5.20. The summed E-state index contributed by atoms with van der Waals surface area (Å²) in [7, 11) is 0. The third-order valence-corrected chi connectivity index (χ3v) is 3.79. The molecule has 2 atom stereocenters. The first-order valence-corrected chi connectivity index (χ1v) is 6.52. The molecule has 0 aromatic carbocycles. The van der Waals surface area contributed by atoms with Gasteiger partial charge in [-0.2, -0.15) is 0 Å². The van der Waals surface area contributed by atoms with Crippen LogP contribution in [0, 0.1) is 12.8 Å². The number of ether oxygens (including phenoxy) is 1. The van der Waals surface area contributed by atoms with Gasteiger partial charge >= 0.3 is 0 Å². The van der Waals surface area contributed by atoms with Crippen molar-refractivity contribution in [3.8, 4) is 0 Å². The fraction of sp³-hybridized carbons (Fsp3) is 0.667. The molecule has 1 aromatic heterocycles. The third kappa shape index (κ3) is 2.57. The SMILES string of the molecule is Cc1cc(C(O)C2CC(C)(C)OC2(C)C)ccn1. The van der Waals surface area contributed by atoms with Crippen LogP contribution in [0.15, 0.2) is 18.3 Å². The highest BCUT2D eigenvalue weighted by Crippen LogP contribution is 2.47. The molecular formula is C15H23NO2. The smallest absolute Gasteiger partial charge is 0.0847 e. The fourth-order valence-electron chi connectivity index (χ4n) is 3.08. The molecule has 1 aliphatic heterocycles. The van der Waals surface area contributed by atoms with Gasteiger partial charge in [0, 0.05) is 17.8 Å². The summed E-state index contributed by atoms with van der Waals surface area (Å²) < 4.78 is 6.05. The van der Waals surface area contributed by atoms with Gasteiger partial charge < -0.3 is 9.84 Å². The molecular weight excluding hydrogens is 226 g/mol. The number of pyridine rings is 1. The van der Waals surface area contributed by atoms with Gasteiger partial charge in [-0.05, 0) is 58.7 Å². The Balaban J connectivity index is 2.26. The Bertz CT molecular complexity index is 440. The number of nitrogens with zero attached hydrogens (tertiary/aromatic N) is 1. The zero-order chi connectivity index (χ0) is 13.6. The van der Waals surface area contributed by atoms with Gasteiger partial charge in [-0.1, -0.05) is 0 Å². The predicted molar refractivity (Wildman–Crippen MR) is 71.3 cm³/mol. The van der Waals surface area contributed by atoms with Crippen molar-refractivity contribution < 1.29 is 9.84 Å². The van der Waals surface area contributed by atoms with E-state index in [0.29, 0.717) is 0 Å². The molecule has 18 heavy (non-hydrogen) atoms. The predicted octanol–water partition coefficient (Wildman–Crippen LogP) is 3.02. The van der Waals surface area contributed by atoms with Gasteiger partial charge in [0.25, 0.3) is 0 Å². The van der Waals surface area contributed by atoms with E-state index in [9.17, 15) is 5.11 Å². The molecule has 2 unspecified atom stereocenters. The highest BCUT2D eigenvalue weighted by Gasteiger charge is 2.49. The molecule has 1 aromatic rings. The lowest BCUT2D eigenvalue weighted by Crippen LogP contribution is -2.32. The molecule has 1 aliphatic rings. The van der Waals surface area contributed by atoms with Crippen molar-refractivity contribution in [3.63, 3.8) is 0 Å². The summed E-state index contributed by atoms with van der Waals surface area (Å²) in [5.41, 5.74) is 1.39. The molecule has 3 nitrogen and oxygen atoms in total. The summed E-state index contributed by atoms with van der Waals surface area (Å²) in [5.74, 6) is 0.106. The molecule has 1 saturated heterocycles. The van der Waals surface area contributed by atoms with Crippen LogP contribution in [0.25, 0.3) is 0 Å². The van der Waals surface area contributed by atoms with E-state index < -0.39 is 6.10 Å². The number of aromatic nitrogens is 1. The maximum absolute atomic E-state index is 10.6. The highest BCUT2D eigenvalue weighted by atomic mass is 16.5. The van der Waals surface area contributed by atoms with Crippen LogP contribution in [0.1, 0.15) is 51.5 Å². The van der Waals surface area contributed by atoms with E-state index in [2.05, 4.69) is 32.7 Å². The summed E-state index contributed by atoms with van der Waals surface area (Å²) in [6.45, 7) is 10.2. The zero-order valence-corrected chi connectivity index (χ0v) is 11.9. The molecule has 0 amide bonds. The average Bonchev–Trinajstić information content (AvgIpc) is 2.45. The number of aliphatic hydroxyl groups is 1. The van der Waals surface area contributed by atoms with E-state index in [4.69, 9.17) is 4.74 Å². The van der Waals surface area contributed by atoms with E-state index >= 15 is 0 Å². The zero-order valence-electron chi connectivity index (χ0n) is 11.9. The molecule has 0 bridgehead atoms. The van der Waals surface area contributed by atoms with Crippen LogP contribution in [-0.2, 0) is 4.74 Å².